The Morgan fingerprint density at radius 2 is 1.79 bits per heavy atom. The van der Waals surface area contributed by atoms with E-state index in [0.717, 1.165) is 42.7 Å². The van der Waals surface area contributed by atoms with Gasteiger partial charge in [-0.1, -0.05) is 0 Å². The van der Waals surface area contributed by atoms with Crippen LogP contribution in [0.4, 0.5) is 5.82 Å². The van der Waals surface area contributed by atoms with Gasteiger partial charge in [0.05, 0.1) is 38.2 Å². The van der Waals surface area contributed by atoms with Gasteiger partial charge in [-0.2, -0.15) is 0 Å². The largest absolute Gasteiger partial charge is 0.493 e. The lowest BCUT2D eigenvalue weighted by molar-refractivity contribution is 0.0358. The van der Waals surface area contributed by atoms with Crippen molar-refractivity contribution in [3.05, 3.63) is 37.2 Å². The number of benzene rings is 1. The van der Waals surface area contributed by atoms with Crippen molar-refractivity contribution in [3.8, 4) is 11.5 Å². The second kappa shape index (κ2) is 7.18. The minimum Gasteiger partial charge on any atom is -0.493 e. The molecule has 1 aromatic carbocycles. The normalized spacial score (nSPS) is 26.5. The first-order chi connectivity index (χ1) is 14.2. The number of methoxy groups -OCH3 is 2. The van der Waals surface area contributed by atoms with E-state index < -0.39 is 0 Å². The van der Waals surface area contributed by atoms with Gasteiger partial charge >= 0.3 is 0 Å². The number of hydrogen-bond donors (Lipinski definition) is 1. The van der Waals surface area contributed by atoms with Crippen molar-refractivity contribution in [2.75, 3.05) is 32.2 Å². The highest BCUT2D eigenvalue weighted by atomic mass is 16.5. The fraction of sp³-hybridized carbons (Fsp3) is 0.476. The molecule has 29 heavy (non-hydrogen) atoms. The van der Waals surface area contributed by atoms with Crippen LogP contribution >= 0.6 is 0 Å². The van der Waals surface area contributed by atoms with E-state index >= 15 is 0 Å². The van der Waals surface area contributed by atoms with E-state index in [1.54, 1.807) is 33.1 Å². The summed E-state index contributed by atoms with van der Waals surface area (Å²) in [5, 5.41) is 11.7. The highest BCUT2D eigenvalue weighted by Gasteiger charge is 2.42. The fourth-order valence-electron chi connectivity index (χ4n) is 4.99. The molecule has 8 heteroatoms. The van der Waals surface area contributed by atoms with Crippen LogP contribution in [0, 0.1) is 11.8 Å². The Morgan fingerprint density at radius 1 is 1.03 bits per heavy atom. The number of rotatable bonds is 4. The molecule has 2 aliphatic rings. The molecule has 0 bridgehead atoms. The summed E-state index contributed by atoms with van der Waals surface area (Å²) in [6, 6.07) is 3.93. The van der Waals surface area contributed by atoms with E-state index in [9.17, 15) is 5.11 Å². The van der Waals surface area contributed by atoms with Gasteiger partial charge in [-0.05, 0) is 30.7 Å². The molecular formula is C21H25N5O3. The van der Waals surface area contributed by atoms with E-state index in [1.165, 1.54) is 0 Å². The Balaban J connectivity index is 1.45. The van der Waals surface area contributed by atoms with Crippen LogP contribution < -0.4 is 14.4 Å². The minimum absolute atomic E-state index is 0.0881. The number of hydrogen-bond acceptors (Lipinski definition) is 7. The second-order valence-electron chi connectivity index (χ2n) is 7.96. The molecule has 0 spiro atoms. The van der Waals surface area contributed by atoms with Crippen molar-refractivity contribution in [2.45, 2.75) is 25.0 Å². The molecule has 8 nitrogen and oxygen atoms in total. The zero-order valence-electron chi connectivity index (χ0n) is 16.6. The Morgan fingerprint density at radius 3 is 2.52 bits per heavy atom. The maximum Gasteiger partial charge on any atom is 0.162 e. The summed E-state index contributed by atoms with van der Waals surface area (Å²) in [5.74, 6) is 3.21. The number of imidazole rings is 1. The van der Waals surface area contributed by atoms with Gasteiger partial charge in [0, 0.05) is 36.9 Å². The summed E-state index contributed by atoms with van der Waals surface area (Å²) >= 11 is 0. The van der Waals surface area contributed by atoms with Crippen LogP contribution in [0.15, 0.2) is 37.2 Å². The molecule has 1 N–H and O–H groups in total. The van der Waals surface area contributed by atoms with Crippen molar-refractivity contribution in [2.24, 2.45) is 11.8 Å². The van der Waals surface area contributed by atoms with E-state index in [-0.39, 0.29) is 12.1 Å². The van der Waals surface area contributed by atoms with Crippen LogP contribution in [0.3, 0.4) is 0 Å². The van der Waals surface area contributed by atoms with Gasteiger partial charge in [0.2, 0.25) is 0 Å². The van der Waals surface area contributed by atoms with Gasteiger partial charge < -0.3 is 24.0 Å². The monoisotopic (exact) mass is 395 g/mol. The first kappa shape index (κ1) is 18.2. The molecule has 1 aliphatic carbocycles. The summed E-state index contributed by atoms with van der Waals surface area (Å²) in [6.07, 6.45) is 8.51. The van der Waals surface area contributed by atoms with E-state index in [4.69, 9.17) is 9.47 Å². The second-order valence-corrected chi connectivity index (χ2v) is 7.96. The van der Waals surface area contributed by atoms with E-state index in [0.29, 0.717) is 23.3 Å². The molecule has 3 aromatic rings. The molecule has 4 atom stereocenters. The highest BCUT2D eigenvalue weighted by Crippen LogP contribution is 2.43. The molecule has 1 saturated heterocycles. The van der Waals surface area contributed by atoms with Crippen LogP contribution in [0.25, 0.3) is 10.9 Å². The standard InChI is InChI=1S/C21H25N5O3/c1-28-19-7-15-16(8-20(19)29-2)23-11-24-21(15)26-9-13-5-17(25-4-3-22-12-25)18(27)6-14(13)10-26/h3-4,7-8,11-14,17-18,27H,5-6,9-10H2,1-2H3/t13-,14+,17-,18-/m1/s1. The molecule has 0 unspecified atom stereocenters. The van der Waals surface area contributed by atoms with E-state index in [1.807, 2.05) is 22.9 Å². The molecule has 2 aromatic heterocycles. The van der Waals surface area contributed by atoms with Crippen LogP contribution in [0.5, 0.6) is 11.5 Å². The molecular weight excluding hydrogens is 370 g/mol. The zero-order valence-corrected chi connectivity index (χ0v) is 16.6. The van der Waals surface area contributed by atoms with Gasteiger partial charge in [-0.25, -0.2) is 15.0 Å². The van der Waals surface area contributed by atoms with Crippen LogP contribution in [-0.4, -0.2) is 58.0 Å². The third kappa shape index (κ3) is 3.07. The van der Waals surface area contributed by atoms with Crippen molar-refractivity contribution in [3.63, 3.8) is 0 Å². The Labute approximate surface area is 169 Å². The molecule has 2 fully saturated rings. The Kier molecular flexibility index (Phi) is 4.50. The number of nitrogens with zero attached hydrogens (tertiary/aromatic N) is 5. The SMILES string of the molecule is COc1cc2ncnc(N3C[C@H]4C[C@@H](n5ccnc5)[C@H](O)C[C@H]4C3)c2cc1OC. The average Bonchev–Trinajstić information content (AvgIpc) is 3.41. The number of anilines is 1. The van der Waals surface area contributed by atoms with Crippen molar-refractivity contribution < 1.29 is 14.6 Å². The number of aliphatic hydroxyl groups is 1. The number of fused-ring (bicyclic) bond motifs is 2. The summed E-state index contributed by atoms with van der Waals surface area (Å²) in [7, 11) is 3.26. The lowest BCUT2D eigenvalue weighted by atomic mass is 9.77. The van der Waals surface area contributed by atoms with Gasteiger partial charge in [-0.15, -0.1) is 0 Å². The predicted molar refractivity (Wildman–Crippen MR) is 108 cm³/mol. The smallest absolute Gasteiger partial charge is 0.162 e. The molecule has 0 radical (unpaired) electrons. The summed E-state index contributed by atoms with van der Waals surface area (Å²) in [6.45, 7) is 1.81. The molecule has 152 valence electrons. The molecule has 3 heterocycles. The third-order valence-corrected chi connectivity index (χ3v) is 6.44. The van der Waals surface area contributed by atoms with Crippen molar-refractivity contribution >= 4 is 16.7 Å². The number of aliphatic hydroxyl groups excluding tert-OH is 1. The van der Waals surface area contributed by atoms with Gasteiger partial charge in [-0.3, -0.25) is 0 Å². The van der Waals surface area contributed by atoms with Crippen LogP contribution in [0.1, 0.15) is 18.9 Å². The van der Waals surface area contributed by atoms with E-state index in [2.05, 4.69) is 19.9 Å². The lowest BCUT2D eigenvalue weighted by Gasteiger charge is -2.35. The number of ether oxygens (including phenoxy) is 2. The first-order valence-electron chi connectivity index (χ1n) is 9.95. The summed E-state index contributed by atoms with van der Waals surface area (Å²) < 4.78 is 12.9. The van der Waals surface area contributed by atoms with Crippen molar-refractivity contribution in [1.82, 2.24) is 19.5 Å². The van der Waals surface area contributed by atoms with Gasteiger partial charge in [0.25, 0.3) is 0 Å². The molecule has 1 aliphatic heterocycles. The molecule has 1 saturated carbocycles. The fourth-order valence-corrected chi connectivity index (χ4v) is 4.99. The highest BCUT2D eigenvalue weighted by molar-refractivity contribution is 5.92. The Hall–Kier alpha value is -2.87. The third-order valence-electron chi connectivity index (χ3n) is 6.44. The minimum atomic E-state index is -0.350. The van der Waals surface area contributed by atoms with Crippen LogP contribution in [-0.2, 0) is 0 Å². The molecule has 0 amide bonds. The average molecular weight is 395 g/mol. The van der Waals surface area contributed by atoms with Gasteiger partial charge in [0.1, 0.15) is 12.1 Å². The van der Waals surface area contributed by atoms with Crippen LogP contribution in [0.2, 0.25) is 0 Å². The quantitative estimate of drug-likeness (QED) is 0.725. The Bertz CT molecular complexity index is 1010. The predicted octanol–water partition coefficient (Wildman–Crippen LogP) is 2.29. The maximum atomic E-state index is 10.7. The topological polar surface area (TPSA) is 85.5 Å². The zero-order chi connectivity index (χ0) is 20.0. The first-order valence-corrected chi connectivity index (χ1v) is 9.95. The molecule has 5 rings (SSSR count). The summed E-state index contributed by atoms with van der Waals surface area (Å²) in [4.78, 5) is 15.5. The van der Waals surface area contributed by atoms with Crippen molar-refractivity contribution in [1.29, 1.82) is 0 Å². The lowest BCUT2D eigenvalue weighted by Crippen LogP contribution is -2.35. The number of aromatic nitrogens is 4. The van der Waals surface area contributed by atoms with Gasteiger partial charge in [0.15, 0.2) is 11.5 Å². The summed E-state index contributed by atoms with van der Waals surface area (Å²) in [5.41, 5.74) is 0.832. The maximum absolute atomic E-state index is 10.7.